The van der Waals surface area contributed by atoms with Gasteiger partial charge in [-0.25, -0.2) is 4.39 Å². The molecule has 9 heteroatoms. The second-order valence-electron chi connectivity index (χ2n) is 5.62. The Morgan fingerprint density at radius 1 is 1.39 bits per heavy atom. The molecule has 0 aliphatic heterocycles. The first-order valence-corrected chi connectivity index (χ1v) is 7.15. The molecule has 1 heterocycles. The second kappa shape index (κ2) is 6.59. The fourth-order valence-electron chi connectivity index (χ4n) is 2.70. The molecular formula is C14H18ClFN6O. The average Bonchev–Trinajstić information content (AvgIpc) is 3.11. The van der Waals surface area contributed by atoms with E-state index in [4.69, 9.17) is 5.73 Å². The van der Waals surface area contributed by atoms with Gasteiger partial charge in [0, 0.05) is 5.69 Å². The number of tetrazole rings is 1. The van der Waals surface area contributed by atoms with Gasteiger partial charge >= 0.3 is 0 Å². The summed E-state index contributed by atoms with van der Waals surface area (Å²) in [4.78, 5) is 12.3. The number of nitrogens with one attached hydrogen (secondary N) is 1. The number of aryl methyl sites for hydroxylation is 1. The smallest absolute Gasteiger partial charge is 0.244 e. The molecule has 1 aromatic carbocycles. The third kappa shape index (κ3) is 3.32. The van der Waals surface area contributed by atoms with Crippen LogP contribution in [-0.4, -0.2) is 31.7 Å². The summed E-state index contributed by atoms with van der Waals surface area (Å²) < 4.78 is 15.2. The van der Waals surface area contributed by atoms with Gasteiger partial charge in [-0.05, 0) is 48.4 Å². The van der Waals surface area contributed by atoms with E-state index in [2.05, 4.69) is 20.8 Å². The first-order chi connectivity index (χ1) is 10.5. The molecule has 0 radical (unpaired) electrons. The molecule has 3 N–H and O–H groups in total. The molecule has 1 aliphatic carbocycles. The Bertz CT molecular complexity index is 713. The maximum absolute atomic E-state index is 14.0. The molecule has 0 unspecified atom stereocenters. The molecule has 1 fully saturated rings. The molecular weight excluding hydrogens is 323 g/mol. The highest BCUT2D eigenvalue weighted by atomic mass is 35.5. The van der Waals surface area contributed by atoms with E-state index in [0.29, 0.717) is 24.4 Å². The van der Waals surface area contributed by atoms with Crippen molar-refractivity contribution in [3.05, 3.63) is 29.8 Å². The largest absolute Gasteiger partial charge is 0.324 e. The van der Waals surface area contributed by atoms with E-state index >= 15 is 0 Å². The molecule has 0 atom stereocenters. The normalized spacial score (nSPS) is 16.0. The molecule has 1 aromatic heterocycles. The molecule has 1 saturated carbocycles. The molecule has 1 aliphatic rings. The van der Waals surface area contributed by atoms with Gasteiger partial charge in [0.2, 0.25) is 5.91 Å². The van der Waals surface area contributed by atoms with Gasteiger partial charge in [0.25, 0.3) is 0 Å². The average molecular weight is 341 g/mol. The summed E-state index contributed by atoms with van der Waals surface area (Å²) in [6.07, 6.45) is 3.22. The predicted molar refractivity (Wildman–Crippen MR) is 85.1 cm³/mol. The third-order valence-electron chi connectivity index (χ3n) is 4.01. The Morgan fingerprint density at radius 3 is 2.70 bits per heavy atom. The molecule has 3 rings (SSSR count). The quantitative estimate of drug-likeness (QED) is 0.886. The molecule has 124 valence electrons. The lowest BCUT2D eigenvalue weighted by atomic mass is 9.98. The van der Waals surface area contributed by atoms with Crippen molar-refractivity contribution in [1.82, 2.24) is 20.2 Å². The fraction of sp³-hybridized carbons (Fsp3) is 0.429. The lowest BCUT2D eigenvalue weighted by molar-refractivity contribution is -0.121. The van der Waals surface area contributed by atoms with Gasteiger partial charge in [-0.1, -0.05) is 12.8 Å². The topological polar surface area (TPSA) is 98.7 Å². The monoisotopic (exact) mass is 340 g/mol. The molecule has 0 bridgehead atoms. The standard InChI is InChI=1S/C14H17FN6O.ClH/c1-9-18-19-20-21(9)12-8-10(4-5-11(12)15)17-13(22)14(16)6-2-3-7-14;/h4-5,8H,2-3,6-7,16H2,1H3,(H,17,22);1H. The van der Waals surface area contributed by atoms with Gasteiger partial charge in [0.15, 0.2) is 5.82 Å². The summed E-state index contributed by atoms with van der Waals surface area (Å²) in [6.45, 7) is 1.66. The zero-order valence-corrected chi connectivity index (χ0v) is 13.4. The number of hydrogen-bond donors (Lipinski definition) is 2. The summed E-state index contributed by atoms with van der Waals surface area (Å²) in [7, 11) is 0. The highest BCUT2D eigenvalue weighted by Gasteiger charge is 2.37. The van der Waals surface area contributed by atoms with Crippen LogP contribution in [0.4, 0.5) is 10.1 Å². The van der Waals surface area contributed by atoms with E-state index < -0.39 is 11.4 Å². The van der Waals surface area contributed by atoms with Crippen molar-refractivity contribution < 1.29 is 9.18 Å². The van der Waals surface area contributed by atoms with Crippen molar-refractivity contribution >= 4 is 24.0 Å². The van der Waals surface area contributed by atoms with E-state index in [9.17, 15) is 9.18 Å². The van der Waals surface area contributed by atoms with Crippen LogP contribution in [0.2, 0.25) is 0 Å². The summed E-state index contributed by atoms with van der Waals surface area (Å²) in [5.74, 6) is -0.263. The van der Waals surface area contributed by atoms with E-state index in [1.54, 1.807) is 6.92 Å². The number of nitrogens with two attached hydrogens (primary N) is 1. The molecule has 7 nitrogen and oxygen atoms in total. The molecule has 2 aromatic rings. The number of aromatic nitrogens is 4. The SMILES string of the molecule is Cc1nnnn1-c1cc(NC(=O)C2(N)CCCC2)ccc1F.Cl. The molecule has 23 heavy (non-hydrogen) atoms. The van der Waals surface area contributed by atoms with Crippen LogP contribution in [0.25, 0.3) is 5.69 Å². The Morgan fingerprint density at radius 2 is 2.09 bits per heavy atom. The first-order valence-electron chi connectivity index (χ1n) is 7.15. The zero-order valence-electron chi connectivity index (χ0n) is 12.6. The highest BCUT2D eigenvalue weighted by molar-refractivity contribution is 5.98. The Kier molecular flexibility index (Phi) is 4.96. The minimum Gasteiger partial charge on any atom is -0.324 e. The first kappa shape index (κ1) is 17.3. The van der Waals surface area contributed by atoms with Crippen LogP contribution in [0.15, 0.2) is 18.2 Å². The van der Waals surface area contributed by atoms with Crippen LogP contribution in [0.5, 0.6) is 0 Å². The van der Waals surface area contributed by atoms with Gasteiger partial charge in [-0.15, -0.1) is 17.5 Å². The van der Waals surface area contributed by atoms with Gasteiger partial charge in [-0.3, -0.25) is 4.79 Å². The van der Waals surface area contributed by atoms with Crippen molar-refractivity contribution in [3.63, 3.8) is 0 Å². The lowest BCUT2D eigenvalue weighted by Gasteiger charge is -2.22. The minimum absolute atomic E-state index is 0. The number of nitrogens with zero attached hydrogens (tertiary/aromatic N) is 4. The van der Waals surface area contributed by atoms with Crippen LogP contribution < -0.4 is 11.1 Å². The summed E-state index contributed by atoms with van der Waals surface area (Å²) in [6, 6.07) is 4.26. The summed E-state index contributed by atoms with van der Waals surface area (Å²) >= 11 is 0. The maximum Gasteiger partial charge on any atom is 0.244 e. The number of amides is 1. The van der Waals surface area contributed by atoms with E-state index in [-0.39, 0.29) is 24.0 Å². The van der Waals surface area contributed by atoms with E-state index in [1.165, 1.54) is 22.9 Å². The molecule has 0 spiro atoms. The van der Waals surface area contributed by atoms with E-state index in [1.807, 2.05) is 0 Å². The minimum atomic E-state index is -0.834. The molecule has 1 amide bonds. The lowest BCUT2D eigenvalue weighted by Crippen LogP contribution is -2.48. The van der Waals surface area contributed by atoms with Gasteiger partial charge in [-0.2, -0.15) is 4.68 Å². The summed E-state index contributed by atoms with van der Waals surface area (Å²) in [5.41, 5.74) is 5.92. The van der Waals surface area contributed by atoms with Crippen molar-refractivity contribution in [2.45, 2.75) is 38.1 Å². The number of rotatable bonds is 3. The van der Waals surface area contributed by atoms with Crippen LogP contribution in [0, 0.1) is 12.7 Å². The van der Waals surface area contributed by atoms with E-state index in [0.717, 1.165) is 12.8 Å². The fourth-order valence-corrected chi connectivity index (χ4v) is 2.70. The van der Waals surface area contributed by atoms with Gasteiger partial charge in [0.1, 0.15) is 11.5 Å². The highest BCUT2D eigenvalue weighted by Crippen LogP contribution is 2.29. The second-order valence-corrected chi connectivity index (χ2v) is 5.62. The predicted octanol–water partition coefficient (Wildman–Crippen LogP) is 1.74. The molecule has 0 saturated heterocycles. The Hall–Kier alpha value is -2.06. The Labute approximate surface area is 138 Å². The van der Waals surface area contributed by atoms with Crippen LogP contribution in [0.1, 0.15) is 31.5 Å². The number of anilines is 1. The summed E-state index contributed by atoms with van der Waals surface area (Å²) in [5, 5.41) is 13.7. The number of carbonyl (C=O) groups is 1. The van der Waals surface area contributed by atoms with Gasteiger partial charge < -0.3 is 11.1 Å². The van der Waals surface area contributed by atoms with Crippen LogP contribution >= 0.6 is 12.4 Å². The van der Waals surface area contributed by atoms with Crippen LogP contribution in [-0.2, 0) is 4.79 Å². The van der Waals surface area contributed by atoms with Gasteiger partial charge in [0.05, 0.1) is 5.54 Å². The number of halogens is 2. The van der Waals surface area contributed by atoms with Crippen molar-refractivity contribution in [3.8, 4) is 5.69 Å². The number of carbonyl (C=O) groups excluding carboxylic acids is 1. The Balaban J connectivity index is 0.00000192. The van der Waals surface area contributed by atoms with Crippen molar-refractivity contribution in [1.29, 1.82) is 0 Å². The number of benzene rings is 1. The van der Waals surface area contributed by atoms with Crippen molar-refractivity contribution in [2.24, 2.45) is 5.73 Å². The van der Waals surface area contributed by atoms with Crippen LogP contribution in [0.3, 0.4) is 0 Å². The zero-order chi connectivity index (χ0) is 15.7. The maximum atomic E-state index is 14.0. The van der Waals surface area contributed by atoms with Crippen molar-refractivity contribution in [2.75, 3.05) is 5.32 Å². The number of hydrogen-bond acceptors (Lipinski definition) is 5. The third-order valence-corrected chi connectivity index (χ3v) is 4.01.